The SMILES string of the molecule is C=CC[C@@H]1C[C@@H](CO[Si](C)(C)C(C)(C)C)OC1=O. The third kappa shape index (κ3) is 3.69. The molecule has 1 heterocycles. The summed E-state index contributed by atoms with van der Waals surface area (Å²) in [5.41, 5.74) is 0. The van der Waals surface area contributed by atoms with Gasteiger partial charge in [0.2, 0.25) is 0 Å². The Hall–Kier alpha value is -0.613. The van der Waals surface area contributed by atoms with E-state index in [0.717, 1.165) is 6.42 Å². The molecular weight excluding hydrogens is 244 g/mol. The molecule has 0 aliphatic carbocycles. The molecule has 1 saturated heterocycles. The molecule has 0 amide bonds. The van der Waals surface area contributed by atoms with Crippen LogP contribution in [0.1, 0.15) is 33.6 Å². The van der Waals surface area contributed by atoms with Crippen molar-refractivity contribution in [1.82, 2.24) is 0 Å². The van der Waals surface area contributed by atoms with Crippen LogP contribution in [0.2, 0.25) is 18.1 Å². The summed E-state index contributed by atoms with van der Waals surface area (Å²) in [7, 11) is -1.75. The Morgan fingerprint density at radius 3 is 2.61 bits per heavy atom. The molecule has 0 unspecified atom stereocenters. The average molecular weight is 270 g/mol. The molecule has 0 saturated carbocycles. The Morgan fingerprint density at radius 2 is 2.11 bits per heavy atom. The lowest BCUT2D eigenvalue weighted by Gasteiger charge is -2.36. The van der Waals surface area contributed by atoms with E-state index in [4.69, 9.17) is 9.16 Å². The molecular formula is C14H26O3Si. The number of carbonyl (C=O) groups excluding carboxylic acids is 1. The maximum absolute atomic E-state index is 11.6. The summed E-state index contributed by atoms with van der Waals surface area (Å²) in [6, 6.07) is 0. The van der Waals surface area contributed by atoms with Gasteiger partial charge in [-0.25, -0.2) is 0 Å². The second kappa shape index (κ2) is 5.57. The van der Waals surface area contributed by atoms with Crippen molar-refractivity contribution in [2.45, 2.75) is 57.8 Å². The Morgan fingerprint density at radius 1 is 1.50 bits per heavy atom. The van der Waals surface area contributed by atoms with E-state index in [-0.39, 0.29) is 23.0 Å². The molecule has 0 aromatic carbocycles. The molecule has 1 aliphatic rings. The summed E-state index contributed by atoms with van der Waals surface area (Å²) in [4.78, 5) is 11.6. The van der Waals surface area contributed by atoms with E-state index in [2.05, 4.69) is 40.4 Å². The Bertz CT molecular complexity index is 317. The number of esters is 1. The number of rotatable bonds is 5. The third-order valence-electron chi connectivity index (χ3n) is 4.05. The summed E-state index contributed by atoms with van der Waals surface area (Å²) < 4.78 is 11.4. The van der Waals surface area contributed by atoms with Crippen LogP contribution in [0.25, 0.3) is 0 Å². The monoisotopic (exact) mass is 270 g/mol. The standard InChI is InChI=1S/C14H26O3Si/c1-7-8-11-9-12(17-13(11)15)10-16-18(5,6)14(2,3)4/h7,11-12H,1,8-10H2,2-6H3/t11-,12+/m1/s1. The molecule has 104 valence electrons. The van der Waals surface area contributed by atoms with Gasteiger partial charge in [0, 0.05) is 6.42 Å². The molecule has 1 aliphatic heterocycles. The predicted octanol–water partition coefficient (Wildman–Crippen LogP) is 3.52. The first-order valence-electron chi connectivity index (χ1n) is 6.62. The lowest BCUT2D eigenvalue weighted by molar-refractivity contribution is -0.145. The molecule has 4 heteroatoms. The van der Waals surface area contributed by atoms with E-state index in [1.165, 1.54) is 0 Å². The van der Waals surface area contributed by atoms with Crippen molar-refractivity contribution in [3.8, 4) is 0 Å². The topological polar surface area (TPSA) is 35.5 Å². The first-order chi connectivity index (χ1) is 8.17. The fourth-order valence-corrected chi connectivity index (χ4v) is 2.77. The van der Waals surface area contributed by atoms with Crippen molar-refractivity contribution in [3.05, 3.63) is 12.7 Å². The zero-order valence-corrected chi connectivity index (χ0v) is 13.3. The van der Waals surface area contributed by atoms with Crippen LogP contribution in [0.3, 0.4) is 0 Å². The van der Waals surface area contributed by atoms with Crippen molar-refractivity contribution in [1.29, 1.82) is 0 Å². The van der Waals surface area contributed by atoms with Crippen molar-refractivity contribution in [2.75, 3.05) is 6.61 Å². The van der Waals surface area contributed by atoms with E-state index in [0.29, 0.717) is 13.0 Å². The Balaban J connectivity index is 2.47. The van der Waals surface area contributed by atoms with Gasteiger partial charge in [-0.3, -0.25) is 4.79 Å². The van der Waals surface area contributed by atoms with Crippen LogP contribution >= 0.6 is 0 Å². The summed E-state index contributed by atoms with van der Waals surface area (Å²) in [6.07, 6.45) is 3.18. The largest absolute Gasteiger partial charge is 0.460 e. The van der Waals surface area contributed by atoms with Crippen LogP contribution in [0, 0.1) is 5.92 Å². The lowest BCUT2D eigenvalue weighted by atomic mass is 10.0. The zero-order chi connectivity index (χ0) is 14.0. The highest BCUT2D eigenvalue weighted by Crippen LogP contribution is 2.37. The van der Waals surface area contributed by atoms with Crippen LogP contribution in [0.15, 0.2) is 12.7 Å². The molecule has 3 nitrogen and oxygen atoms in total. The minimum Gasteiger partial charge on any atom is -0.460 e. The predicted molar refractivity (Wildman–Crippen MR) is 76.0 cm³/mol. The van der Waals surface area contributed by atoms with Crippen molar-refractivity contribution in [2.24, 2.45) is 5.92 Å². The van der Waals surface area contributed by atoms with E-state index in [9.17, 15) is 4.79 Å². The van der Waals surface area contributed by atoms with E-state index >= 15 is 0 Å². The highest BCUT2D eigenvalue weighted by Gasteiger charge is 2.40. The van der Waals surface area contributed by atoms with Crippen LogP contribution in [0.4, 0.5) is 0 Å². The average Bonchev–Trinajstić information content (AvgIpc) is 2.56. The fourth-order valence-electron chi connectivity index (χ4n) is 1.74. The molecule has 0 N–H and O–H groups in total. The van der Waals surface area contributed by atoms with Gasteiger partial charge in [-0.1, -0.05) is 26.8 Å². The fraction of sp³-hybridized carbons (Fsp3) is 0.786. The highest BCUT2D eigenvalue weighted by atomic mass is 28.4. The molecule has 1 fully saturated rings. The molecule has 0 radical (unpaired) electrons. The number of ether oxygens (including phenoxy) is 1. The first-order valence-corrected chi connectivity index (χ1v) is 9.53. The third-order valence-corrected chi connectivity index (χ3v) is 8.55. The Kier molecular flexibility index (Phi) is 4.78. The van der Waals surface area contributed by atoms with Crippen LogP contribution in [-0.4, -0.2) is 27.0 Å². The maximum atomic E-state index is 11.6. The molecule has 1 rings (SSSR count). The van der Waals surface area contributed by atoms with Crippen LogP contribution < -0.4 is 0 Å². The van der Waals surface area contributed by atoms with Crippen LogP contribution in [-0.2, 0) is 14.0 Å². The first kappa shape index (κ1) is 15.4. The van der Waals surface area contributed by atoms with E-state index in [1.807, 2.05) is 0 Å². The number of hydrogen-bond donors (Lipinski definition) is 0. The van der Waals surface area contributed by atoms with Gasteiger partial charge in [-0.15, -0.1) is 6.58 Å². The Labute approximate surface area is 112 Å². The second-order valence-corrected chi connectivity index (χ2v) is 11.4. The summed E-state index contributed by atoms with van der Waals surface area (Å²) >= 11 is 0. The maximum Gasteiger partial charge on any atom is 0.309 e. The van der Waals surface area contributed by atoms with Crippen molar-refractivity contribution in [3.63, 3.8) is 0 Å². The minimum atomic E-state index is -1.75. The molecule has 18 heavy (non-hydrogen) atoms. The van der Waals surface area contributed by atoms with Gasteiger partial charge in [0.15, 0.2) is 8.32 Å². The highest BCUT2D eigenvalue weighted by molar-refractivity contribution is 6.74. The van der Waals surface area contributed by atoms with Gasteiger partial charge < -0.3 is 9.16 Å². The molecule has 0 aromatic rings. The van der Waals surface area contributed by atoms with Crippen LogP contribution in [0.5, 0.6) is 0 Å². The normalized spacial score (nSPS) is 25.1. The van der Waals surface area contributed by atoms with Gasteiger partial charge in [0.25, 0.3) is 0 Å². The smallest absolute Gasteiger partial charge is 0.309 e. The van der Waals surface area contributed by atoms with Crippen molar-refractivity contribution < 1.29 is 14.0 Å². The van der Waals surface area contributed by atoms with Gasteiger partial charge in [-0.2, -0.15) is 0 Å². The van der Waals surface area contributed by atoms with Gasteiger partial charge in [0.1, 0.15) is 6.10 Å². The van der Waals surface area contributed by atoms with Gasteiger partial charge in [0.05, 0.1) is 12.5 Å². The number of cyclic esters (lactones) is 1. The zero-order valence-electron chi connectivity index (χ0n) is 12.3. The molecule has 0 bridgehead atoms. The quantitative estimate of drug-likeness (QED) is 0.435. The summed E-state index contributed by atoms with van der Waals surface area (Å²) in [6.45, 7) is 15.3. The molecule has 0 spiro atoms. The van der Waals surface area contributed by atoms with E-state index < -0.39 is 8.32 Å². The lowest BCUT2D eigenvalue weighted by Crippen LogP contribution is -2.42. The van der Waals surface area contributed by atoms with Gasteiger partial charge in [-0.05, 0) is 24.6 Å². The summed E-state index contributed by atoms with van der Waals surface area (Å²) in [5.74, 6) is -0.116. The van der Waals surface area contributed by atoms with Crippen molar-refractivity contribution >= 4 is 14.3 Å². The number of hydrogen-bond acceptors (Lipinski definition) is 3. The van der Waals surface area contributed by atoms with Gasteiger partial charge >= 0.3 is 5.97 Å². The number of allylic oxidation sites excluding steroid dienone is 1. The molecule has 2 atom stereocenters. The summed E-state index contributed by atoms with van der Waals surface area (Å²) in [5, 5.41) is 0.191. The number of carbonyl (C=O) groups is 1. The molecule has 0 aromatic heterocycles. The van der Waals surface area contributed by atoms with E-state index in [1.54, 1.807) is 6.08 Å². The minimum absolute atomic E-state index is 0.0180. The second-order valence-electron chi connectivity index (χ2n) is 6.59.